The largest absolute Gasteiger partial charge is 0.486 e. The number of fused-ring (bicyclic) bond motifs is 1. The second kappa shape index (κ2) is 5.24. The summed E-state index contributed by atoms with van der Waals surface area (Å²) in [5.41, 5.74) is 6.85. The lowest BCUT2D eigenvalue weighted by molar-refractivity contribution is -0.138. The first kappa shape index (κ1) is 12.7. The highest BCUT2D eigenvalue weighted by Gasteiger charge is 2.26. The van der Waals surface area contributed by atoms with Crippen LogP contribution in [0.2, 0.25) is 0 Å². The number of methoxy groups -OCH3 is 1. The van der Waals surface area contributed by atoms with Gasteiger partial charge in [0.05, 0.1) is 6.61 Å². The van der Waals surface area contributed by atoms with Gasteiger partial charge in [-0.05, 0) is 0 Å². The van der Waals surface area contributed by atoms with Crippen LogP contribution in [0.1, 0.15) is 17.2 Å². The lowest BCUT2D eigenvalue weighted by atomic mass is 10.0. The van der Waals surface area contributed by atoms with E-state index in [1.807, 2.05) is 0 Å². The highest BCUT2D eigenvalue weighted by Crippen LogP contribution is 2.39. The van der Waals surface area contributed by atoms with Crippen LogP contribution < -0.4 is 15.2 Å². The molecule has 0 aliphatic carbocycles. The monoisotopic (exact) mass is 253 g/mol. The van der Waals surface area contributed by atoms with Gasteiger partial charge in [0.15, 0.2) is 11.5 Å². The van der Waals surface area contributed by atoms with Crippen molar-refractivity contribution in [3.8, 4) is 11.5 Å². The predicted molar refractivity (Wildman–Crippen MR) is 62.7 cm³/mol. The molecular weight excluding hydrogens is 238 g/mol. The number of aliphatic carboxylic acids is 1. The molecule has 1 aliphatic rings. The second-order valence-corrected chi connectivity index (χ2v) is 3.92. The summed E-state index contributed by atoms with van der Waals surface area (Å²) in [6.07, 6.45) is 0. The Morgan fingerprint density at radius 2 is 2.11 bits per heavy atom. The third-order valence-electron chi connectivity index (χ3n) is 2.70. The summed E-state index contributed by atoms with van der Waals surface area (Å²) in [6.45, 7) is 1.17. The smallest absolute Gasteiger partial charge is 0.325 e. The third kappa shape index (κ3) is 2.25. The van der Waals surface area contributed by atoms with Gasteiger partial charge >= 0.3 is 5.97 Å². The number of hydrogen-bond acceptors (Lipinski definition) is 5. The van der Waals surface area contributed by atoms with Crippen molar-refractivity contribution in [3.63, 3.8) is 0 Å². The molecule has 1 heterocycles. The molecule has 0 saturated carbocycles. The minimum Gasteiger partial charge on any atom is -0.486 e. The minimum absolute atomic E-state index is 0.369. The molecule has 0 amide bonds. The normalized spacial score (nSPS) is 15.2. The van der Waals surface area contributed by atoms with E-state index in [1.54, 1.807) is 19.2 Å². The summed E-state index contributed by atoms with van der Waals surface area (Å²) in [7, 11) is 1.58. The number of carboxylic acid groups (broad SMARTS) is 1. The zero-order valence-corrected chi connectivity index (χ0v) is 10.0. The highest BCUT2D eigenvalue weighted by molar-refractivity contribution is 5.77. The fraction of sp³-hybridized carbons (Fsp3) is 0.417. The summed E-state index contributed by atoms with van der Waals surface area (Å²) in [5.74, 6) is -0.172. The van der Waals surface area contributed by atoms with E-state index >= 15 is 0 Å². The first-order chi connectivity index (χ1) is 8.65. The molecule has 1 aliphatic heterocycles. The summed E-state index contributed by atoms with van der Waals surface area (Å²) in [5, 5.41) is 8.96. The van der Waals surface area contributed by atoms with Crippen molar-refractivity contribution in [2.24, 2.45) is 5.73 Å². The molecule has 1 atom stereocenters. The van der Waals surface area contributed by atoms with Gasteiger partial charge in [0.2, 0.25) is 0 Å². The first-order valence-corrected chi connectivity index (χ1v) is 5.54. The van der Waals surface area contributed by atoms with Gasteiger partial charge in [0.1, 0.15) is 19.3 Å². The Morgan fingerprint density at radius 1 is 1.44 bits per heavy atom. The Hall–Kier alpha value is -1.79. The lowest BCUT2D eigenvalue weighted by Gasteiger charge is -2.24. The number of hydrogen-bond donors (Lipinski definition) is 2. The van der Waals surface area contributed by atoms with E-state index in [2.05, 4.69) is 0 Å². The van der Waals surface area contributed by atoms with Crippen molar-refractivity contribution in [3.05, 3.63) is 23.3 Å². The van der Waals surface area contributed by atoms with Gasteiger partial charge in [-0.15, -0.1) is 0 Å². The topological polar surface area (TPSA) is 91.0 Å². The molecule has 1 aromatic carbocycles. The Bertz CT molecular complexity index is 460. The van der Waals surface area contributed by atoms with Gasteiger partial charge in [0.25, 0.3) is 0 Å². The maximum absolute atomic E-state index is 11.0. The van der Waals surface area contributed by atoms with E-state index in [9.17, 15) is 4.79 Å². The Balaban J connectivity index is 2.46. The number of rotatable bonds is 4. The molecule has 0 spiro atoms. The van der Waals surface area contributed by atoms with Crippen LogP contribution in [-0.2, 0) is 16.1 Å². The fourth-order valence-electron chi connectivity index (χ4n) is 1.86. The van der Waals surface area contributed by atoms with Gasteiger partial charge in [-0.1, -0.05) is 12.1 Å². The van der Waals surface area contributed by atoms with Gasteiger partial charge in [-0.2, -0.15) is 0 Å². The van der Waals surface area contributed by atoms with Crippen molar-refractivity contribution in [2.45, 2.75) is 12.6 Å². The fourth-order valence-corrected chi connectivity index (χ4v) is 1.86. The second-order valence-electron chi connectivity index (χ2n) is 3.92. The molecule has 0 radical (unpaired) electrons. The number of carbonyl (C=O) groups is 1. The van der Waals surface area contributed by atoms with Gasteiger partial charge in [0, 0.05) is 18.2 Å². The first-order valence-electron chi connectivity index (χ1n) is 5.54. The molecule has 6 heteroatoms. The summed E-state index contributed by atoms with van der Waals surface area (Å²) >= 11 is 0. The predicted octanol–water partition coefficient (Wildman–Crippen LogP) is 0.689. The molecule has 0 fully saturated rings. The molecule has 98 valence electrons. The van der Waals surface area contributed by atoms with E-state index in [4.69, 9.17) is 25.1 Å². The molecule has 18 heavy (non-hydrogen) atoms. The Kier molecular flexibility index (Phi) is 3.69. The van der Waals surface area contributed by atoms with Crippen molar-refractivity contribution in [1.82, 2.24) is 0 Å². The van der Waals surface area contributed by atoms with E-state index in [0.717, 1.165) is 5.56 Å². The van der Waals surface area contributed by atoms with Gasteiger partial charge < -0.3 is 25.1 Å². The molecular formula is C12H15NO5. The summed E-state index contributed by atoms with van der Waals surface area (Å²) in [6, 6.07) is 2.26. The quantitative estimate of drug-likeness (QED) is 0.820. The van der Waals surface area contributed by atoms with Crippen LogP contribution in [0.4, 0.5) is 0 Å². The molecule has 0 bridgehead atoms. The molecule has 1 aromatic rings. The average molecular weight is 253 g/mol. The maximum Gasteiger partial charge on any atom is 0.325 e. The number of nitrogens with two attached hydrogens (primary N) is 1. The van der Waals surface area contributed by atoms with Crippen LogP contribution in [0.25, 0.3) is 0 Å². The van der Waals surface area contributed by atoms with E-state index in [1.165, 1.54) is 0 Å². The van der Waals surface area contributed by atoms with Gasteiger partial charge in [-0.25, -0.2) is 0 Å². The molecule has 2 rings (SSSR count). The lowest BCUT2D eigenvalue weighted by Crippen LogP contribution is -2.24. The van der Waals surface area contributed by atoms with Crippen LogP contribution in [0.15, 0.2) is 12.1 Å². The Morgan fingerprint density at radius 3 is 2.72 bits per heavy atom. The zero-order valence-electron chi connectivity index (χ0n) is 10.0. The van der Waals surface area contributed by atoms with Crippen molar-refractivity contribution < 1.29 is 24.1 Å². The van der Waals surface area contributed by atoms with Crippen LogP contribution in [0, 0.1) is 0 Å². The van der Waals surface area contributed by atoms with Crippen molar-refractivity contribution in [1.29, 1.82) is 0 Å². The number of benzene rings is 1. The molecule has 0 aromatic heterocycles. The summed E-state index contributed by atoms with van der Waals surface area (Å²) in [4.78, 5) is 11.0. The maximum atomic E-state index is 11.0. The molecule has 3 N–H and O–H groups in total. The SMILES string of the molecule is COCc1ccc(C(N)C(=O)O)c2c1OCCO2. The molecule has 0 saturated heterocycles. The van der Waals surface area contributed by atoms with E-state index < -0.39 is 12.0 Å². The van der Waals surface area contributed by atoms with Crippen molar-refractivity contribution >= 4 is 5.97 Å². The molecule has 1 unspecified atom stereocenters. The van der Waals surface area contributed by atoms with E-state index in [0.29, 0.717) is 36.9 Å². The number of carboxylic acids is 1. The summed E-state index contributed by atoms with van der Waals surface area (Å²) < 4.78 is 16.1. The van der Waals surface area contributed by atoms with Crippen LogP contribution >= 0.6 is 0 Å². The number of ether oxygens (including phenoxy) is 3. The van der Waals surface area contributed by atoms with Crippen LogP contribution in [-0.4, -0.2) is 31.4 Å². The van der Waals surface area contributed by atoms with E-state index in [-0.39, 0.29) is 0 Å². The van der Waals surface area contributed by atoms with Gasteiger partial charge in [-0.3, -0.25) is 4.79 Å². The Labute approximate surface area is 104 Å². The van der Waals surface area contributed by atoms with Crippen LogP contribution in [0.5, 0.6) is 11.5 Å². The zero-order chi connectivity index (χ0) is 13.1. The van der Waals surface area contributed by atoms with Crippen molar-refractivity contribution in [2.75, 3.05) is 20.3 Å². The third-order valence-corrected chi connectivity index (χ3v) is 2.70. The minimum atomic E-state index is -1.13. The molecule has 6 nitrogen and oxygen atoms in total. The van der Waals surface area contributed by atoms with Crippen LogP contribution in [0.3, 0.4) is 0 Å². The highest BCUT2D eigenvalue weighted by atomic mass is 16.6. The standard InChI is InChI=1S/C12H15NO5/c1-16-6-7-2-3-8(9(13)12(14)15)11-10(7)17-4-5-18-11/h2-3,9H,4-6,13H2,1H3,(H,14,15). The average Bonchev–Trinajstić information content (AvgIpc) is 2.38.